The van der Waals surface area contributed by atoms with Crippen LogP contribution in [0.5, 0.6) is 0 Å². The average molecular weight is 682 g/mol. The van der Waals surface area contributed by atoms with Crippen LogP contribution in [0.4, 0.5) is 4.79 Å². The van der Waals surface area contributed by atoms with E-state index in [1.54, 1.807) is 46.8 Å². The van der Waals surface area contributed by atoms with Gasteiger partial charge in [0, 0.05) is 11.1 Å². The summed E-state index contributed by atoms with van der Waals surface area (Å²) in [5.41, 5.74) is -1.96. The van der Waals surface area contributed by atoms with Crippen LogP contribution in [0.2, 0.25) is 0 Å². The van der Waals surface area contributed by atoms with Gasteiger partial charge >= 0.3 is 12.1 Å². The molecule has 4 amide bonds. The van der Waals surface area contributed by atoms with Crippen LogP contribution in [-0.2, 0) is 35.2 Å². The molecule has 15 heteroatoms. The molecule has 0 spiro atoms. The van der Waals surface area contributed by atoms with Gasteiger partial charge in [-0.25, -0.2) is 14.6 Å². The van der Waals surface area contributed by atoms with E-state index in [-0.39, 0.29) is 35.6 Å². The Morgan fingerprint density at radius 1 is 1.20 bits per heavy atom. The molecule has 1 aliphatic heterocycles. The molecule has 0 saturated heterocycles. The molecule has 0 saturated carbocycles. The molecule has 0 radical (unpaired) electrons. The molecule has 3 atom stereocenters. The molecule has 2 rings (SSSR count). The number of esters is 1. The van der Waals surface area contributed by atoms with Crippen molar-refractivity contribution in [2.24, 2.45) is 11.8 Å². The minimum absolute atomic E-state index is 0.0623. The Kier molecular flexibility index (Phi) is 14.2. The summed E-state index contributed by atoms with van der Waals surface area (Å²) < 4.78 is 11.0. The molecule has 13 nitrogen and oxygen atoms in total. The Bertz CT molecular complexity index is 1300. The van der Waals surface area contributed by atoms with Crippen molar-refractivity contribution in [2.45, 2.75) is 111 Å². The summed E-state index contributed by atoms with van der Waals surface area (Å²) in [5.74, 6) is -2.46. The normalized spacial score (nSPS) is 20.5. The Morgan fingerprint density at radius 3 is 2.48 bits per heavy atom. The topological polar surface area (TPSA) is 182 Å². The van der Waals surface area contributed by atoms with Gasteiger partial charge < -0.3 is 30.7 Å². The molecular weight excluding hydrogens is 635 g/mol. The number of rotatable bonds is 8. The van der Waals surface area contributed by atoms with Gasteiger partial charge in [0.05, 0.1) is 13.0 Å². The van der Waals surface area contributed by atoms with Gasteiger partial charge in [-0.3, -0.25) is 19.2 Å². The second-order valence-electron chi connectivity index (χ2n) is 13.1. The van der Waals surface area contributed by atoms with E-state index < -0.39 is 59.1 Å². The maximum atomic E-state index is 13.3. The number of aromatic nitrogens is 1. The van der Waals surface area contributed by atoms with Gasteiger partial charge in [-0.1, -0.05) is 45.5 Å². The van der Waals surface area contributed by atoms with Crippen LogP contribution in [0.25, 0.3) is 0 Å². The van der Waals surface area contributed by atoms with Crippen LogP contribution in [0.15, 0.2) is 17.5 Å². The zero-order valence-corrected chi connectivity index (χ0v) is 29.6. The Hall–Kier alpha value is -3.46. The van der Waals surface area contributed by atoms with Crippen molar-refractivity contribution in [1.82, 2.24) is 26.3 Å². The molecule has 1 unspecified atom stereocenters. The number of alkyl carbamates (subject to hydrolysis) is 1. The van der Waals surface area contributed by atoms with E-state index >= 15 is 0 Å². The smallest absolute Gasteiger partial charge is 0.408 e. The predicted octanol–water partition coefficient (Wildman–Crippen LogP) is 3.48. The molecule has 1 aromatic rings. The number of fused-ring (bicyclic) bond motifs is 2. The van der Waals surface area contributed by atoms with Gasteiger partial charge in [0.25, 0.3) is 5.91 Å². The van der Waals surface area contributed by atoms with E-state index in [0.717, 1.165) is 11.8 Å². The number of ether oxygens (including phenoxy) is 2. The molecule has 1 aromatic heterocycles. The number of thioether (sulfide) groups is 1. The Balaban J connectivity index is 2.15. The highest BCUT2D eigenvalue weighted by Crippen LogP contribution is 2.18. The third kappa shape index (κ3) is 12.7. The fraction of sp³-hybridized carbons (Fsp3) is 0.645. The van der Waals surface area contributed by atoms with E-state index in [4.69, 9.17) is 9.47 Å². The first kappa shape index (κ1) is 38.7. The molecule has 1 aliphatic rings. The van der Waals surface area contributed by atoms with Crippen LogP contribution >= 0.6 is 23.1 Å². The minimum atomic E-state index is -1.37. The standard InChI is InChI=1S/C31H47N5O8S2/c1-17(2)23-26(39)43-19(12-10-11-13-45-27(40)24(18(3)4)35-29(42)44-30(5,6)7)14-21(37)32-15-22-33-20(16-46-22)25(38)36-31(8,9)28(41)34-23/h10,12,16-19,23-24H,11,13-15H2,1-9H3,(H,32,37)(H,34,41)(H,35,42)(H,36,38)/b12-10+/t19-,23?,24+/m1/s1. The molecule has 4 N–H and O–H groups in total. The third-order valence-electron chi connectivity index (χ3n) is 6.55. The number of carbonyl (C=O) groups excluding carboxylic acids is 6. The highest BCUT2D eigenvalue weighted by atomic mass is 32.2. The van der Waals surface area contributed by atoms with Crippen molar-refractivity contribution in [3.8, 4) is 0 Å². The second kappa shape index (κ2) is 16.9. The van der Waals surface area contributed by atoms with Crippen LogP contribution in [0, 0.1) is 11.8 Å². The Labute approximate surface area is 278 Å². The van der Waals surface area contributed by atoms with Crippen molar-refractivity contribution >= 4 is 58.0 Å². The fourth-order valence-corrected chi connectivity index (χ4v) is 5.70. The van der Waals surface area contributed by atoms with Gasteiger partial charge in [0.15, 0.2) is 0 Å². The van der Waals surface area contributed by atoms with Gasteiger partial charge in [-0.2, -0.15) is 0 Å². The number of allylic oxidation sites excluding steroid dienone is 1. The summed E-state index contributed by atoms with van der Waals surface area (Å²) in [6, 6.07) is -1.79. The lowest BCUT2D eigenvalue weighted by atomic mass is 9.99. The zero-order chi connectivity index (χ0) is 34.8. The predicted molar refractivity (Wildman–Crippen MR) is 176 cm³/mol. The minimum Gasteiger partial charge on any atom is -0.456 e. The SMILES string of the molecule is CC(C)C1NC(=O)C(C)(C)NC(=O)c2csc(n2)CNC(=O)C[C@@H](/C=C/CCSC(=O)[C@@H](NC(=O)OC(C)(C)C)C(C)C)OC1=O. The van der Waals surface area contributed by atoms with Crippen molar-refractivity contribution in [3.63, 3.8) is 0 Å². The van der Waals surface area contributed by atoms with Crippen molar-refractivity contribution in [2.75, 3.05) is 5.75 Å². The first-order valence-electron chi connectivity index (χ1n) is 15.2. The van der Waals surface area contributed by atoms with Crippen molar-refractivity contribution in [3.05, 3.63) is 28.2 Å². The quantitative estimate of drug-likeness (QED) is 0.180. The first-order chi connectivity index (χ1) is 21.3. The van der Waals surface area contributed by atoms with E-state index in [1.165, 1.54) is 30.6 Å². The van der Waals surface area contributed by atoms with Gasteiger partial charge in [0.1, 0.15) is 40.0 Å². The van der Waals surface area contributed by atoms with E-state index in [9.17, 15) is 28.8 Å². The number of carbonyl (C=O) groups is 6. The van der Waals surface area contributed by atoms with Gasteiger partial charge in [-0.05, 0) is 59.0 Å². The summed E-state index contributed by atoms with van der Waals surface area (Å²) in [7, 11) is 0. The number of nitrogens with one attached hydrogen (secondary N) is 4. The summed E-state index contributed by atoms with van der Waals surface area (Å²) in [5, 5.41) is 12.5. The fourth-order valence-electron chi connectivity index (χ4n) is 4.02. The molecule has 2 heterocycles. The maximum absolute atomic E-state index is 13.3. The summed E-state index contributed by atoms with van der Waals surface area (Å²) >= 11 is 2.24. The number of thiazole rings is 1. The monoisotopic (exact) mass is 681 g/mol. The first-order valence-corrected chi connectivity index (χ1v) is 17.0. The van der Waals surface area contributed by atoms with Crippen LogP contribution in [0.1, 0.15) is 90.7 Å². The number of hydrogen-bond acceptors (Lipinski definition) is 11. The largest absolute Gasteiger partial charge is 0.456 e. The van der Waals surface area contributed by atoms with Crippen LogP contribution in [0.3, 0.4) is 0 Å². The average Bonchev–Trinajstić information content (AvgIpc) is 3.40. The lowest BCUT2D eigenvalue weighted by Gasteiger charge is -2.29. The van der Waals surface area contributed by atoms with Crippen LogP contribution in [-0.4, -0.2) is 75.0 Å². The number of cyclic esters (lactones) is 1. The van der Waals surface area contributed by atoms with Gasteiger partial charge in [-0.15, -0.1) is 11.3 Å². The molecule has 256 valence electrons. The second-order valence-corrected chi connectivity index (χ2v) is 15.2. The molecule has 46 heavy (non-hydrogen) atoms. The lowest BCUT2D eigenvalue weighted by Crippen LogP contribution is -2.59. The molecule has 0 aromatic carbocycles. The maximum Gasteiger partial charge on any atom is 0.408 e. The molecule has 2 bridgehead atoms. The highest BCUT2D eigenvalue weighted by Gasteiger charge is 2.36. The highest BCUT2D eigenvalue weighted by molar-refractivity contribution is 8.13. The molecular formula is C31H47N5O8S2. The molecule has 0 aliphatic carbocycles. The van der Waals surface area contributed by atoms with Gasteiger partial charge in [0.2, 0.25) is 16.9 Å². The summed E-state index contributed by atoms with van der Waals surface area (Å²) in [6.07, 6.45) is 1.87. The van der Waals surface area contributed by atoms with E-state index in [1.807, 2.05) is 13.8 Å². The zero-order valence-electron chi connectivity index (χ0n) is 28.0. The Morgan fingerprint density at radius 2 is 1.87 bits per heavy atom. The number of hydrogen-bond donors (Lipinski definition) is 4. The van der Waals surface area contributed by atoms with Crippen molar-refractivity contribution < 1.29 is 38.2 Å². The summed E-state index contributed by atoms with van der Waals surface area (Å²) in [6.45, 7) is 15.4. The van der Waals surface area contributed by atoms with E-state index in [2.05, 4.69) is 26.3 Å². The number of nitrogens with zero attached hydrogens (tertiary/aromatic N) is 1. The van der Waals surface area contributed by atoms with Crippen LogP contribution < -0.4 is 21.3 Å². The lowest BCUT2D eigenvalue weighted by molar-refractivity contribution is -0.153. The van der Waals surface area contributed by atoms with E-state index in [0.29, 0.717) is 17.2 Å². The molecule has 0 fully saturated rings. The number of amides is 4. The third-order valence-corrected chi connectivity index (χ3v) is 8.38. The van der Waals surface area contributed by atoms with Crippen molar-refractivity contribution in [1.29, 1.82) is 0 Å². The summed E-state index contributed by atoms with van der Waals surface area (Å²) in [4.78, 5) is 81.3.